The quantitative estimate of drug-likeness (QED) is 0.417. The zero-order valence-corrected chi connectivity index (χ0v) is 18.8. The third-order valence-electron chi connectivity index (χ3n) is 5.44. The summed E-state index contributed by atoms with van der Waals surface area (Å²) < 4.78 is 16.6. The fourth-order valence-corrected chi connectivity index (χ4v) is 3.83. The lowest BCUT2D eigenvalue weighted by molar-refractivity contribution is -0.136. The van der Waals surface area contributed by atoms with Crippen molar-refractivity contribution in [3.05, 3.63) is 99.4 Å². The van der Waals surface area contributed by atoms with Gasteiger partial charge in [-0.15, -0.1) is 0 Å². The molecule has 4 rings (SSSR count). The Balaban J connectivity index is 1.53. The van der Waals surface area contributed by atoms with E-state index >= 15 is 0 Å². The summed E-state index contributed by atoms with van der Waals surface area (Å²) in [7, 11) is 0. The van der Waals surface area contributed by atoms with Crippen molar-refractivity contribution in [3.8, 4) is 23.3 Å². The highest BCUT2D eigenvalue weighted by atomic mass is 35.5. The number of halogens is 1. The van der Waals surface area contributed by atoms with Crippen LogP contribution in [-0.4, -0.2) is 12.6 Å². The van der Waals surface area contributed by atoms with Gasteiger partial charge < -0.3 is 19.9 Å². The lowest BCUT2D eigenvalue weighted by Crippen LogP contribution is -2.21. The van der Waals surface area contributed by atoms with E-state index in [9.17, 15) is 10.1 Å². The average molecular weight is 461 g/mol. The SMILES string of the molecule is Cc1ccc(OCC(=O)Oc2ccc3c(c2)OC(N)=C(C#N)C3c2cccc(Cl)c2)cc1C. The van der Waals surface area contributed by atoms with Crippen LogP contribution < -0.4 is 19.9 Å². The second-order valence-corrected chi connectivity index (χ2v) is 8.12. The van der Waals surface area contributed by atoms with Crippen molar-refractivity contribution in [2.75, 3.05) is 6.61 Å². The number of benzene rings is 3. The number of carbonyl (C=O) groups excluding carboxylic acids is 1. The van der Waals surface area contributed by atoms with Crippen LogP contribution in [0.15, 0.2) is 72.1 Å². The molecule has 7 heteroatoms. The van der Waals surface area contributed by atoms with E-state index in [2.05, 4.69) is 6.07 Å². The number of rotatable bonds is 5. The number of nitriles is 1. The first-order valence-corrected chi connectivity index (χ1v) is 10.6. The smallest absolute Gasteiger partial charge is 0.349 e. The lowest BCUT2D eigenvalue weighted by Gasteiger charge is -2.26. The number of hydrogen-bond acceptors (Lipinski definition) is 6. The fraction of sp³-hybridized carbons (Fsp3) is 0.154. The minimum atomic E-state index is -0.559. The summed E-state index contributed by atoms with van der Waals surface area (Å²) in [5, 5.41) is 10.2. The Labute approximate surface area is 196 Å². The highest BCUT2D eigenvalue weighted by Gasteiger charge is 2.31. The summed E-state index contributed by atoms with van der Waals surface area (Å²) in [6, 6.07) is 19.9. The number of nitrogens with two attached hydrogens (primary N) is 1. The van der Waals surface area contributed by atoms with Crippen LogP contribution in [0.2, 0.25) is 5.02 Å². The van der Waals surface area contributed by atoms with Crippen LogP contribution in [-0.2, 0) is 4.79 Å². The normalized spacial score (nSPS) is 14.7. The Morgan fingerprint density at radius 3 is 2.61 bits per heavy atom. The van der Waals surface area contributed by atoms with Crippen LogP contribution in [0.4, 0.5) is 0 Å². The van der Waals surface area contributed by atoms with E-state index in [4.69, 9.17) is 31.5 Å². The molecule has 0 spiro atoms. The van der Waals surface area contributed by atoms with Crippen molar-refractivity contribution in [3.63, 3.8) is 0 Å². The van der Waals surface area contributed by atoms with Crippen molar-refractivity contribution in [1.82, 2.24) is 0 Å². The predicted octanol–water partition coefficient (Wildman–Crippen LogP) is 5.16. The molecule has 166 valence electrons. The topological polar surface area (TPSA) is 94.6 Å². The standard InChI is InChI=1S/C26H21ClN2O4/c1-15-6-7-19(10-16(15)2)31-14-24(30)32-20-8-9-21-23(12-20)33-26(29)22(13-28)25(21)17-4-3-5-18(27)11-17/h3-12,25H,14,29H2,1-2H3. The number of nitrogens with zero attached hydrogens (tertiary/aromatic N) is 1. The number of carbonyl (C=O) groups is 1. The summed E-state index contributed by atoms with van der Waals surface area (Å²) in [4.78, 5) is 12.3. The molecule has 2 N–H and O–H groups in total. The number of hydrogen-bond donors (Lipinski definition) is 1. The van der Waals surface area contributed by atoms with Gasteiger partial charge in [0.25, 0.3) is 0 Å². The van der Waals surface area contributed by atoms with Gasteiger partial charge in [0.05, 0.1) is 5.92 Å². The Morgan fingerprint density at radius 2 is 1.88 bits per heavy atom. The fourth-order valence-electron chi connectivity index (χ4n) is 3.64. The van der Waals surface area contributed by atoms with Crippen LogP contribution in [0.5, 0.6) is 17.2 Å². The maximum atomic E-state index is 12.3. The molecule has 1 aliphatic heterocycles. The molecule has 3 aromatic rings. The monoisotopic (exact) mass is 460 g/mol. The van der Waals surface area contributed by atoms with Gasteiger partial charge in [0.15, 0.2) is 6.61 Å². The van der Waals surface area contributed by atoms with E-state index in [1.807, 2.05) is 38.1 Å². The first-order valence-electron chi connectivity index (χ1n) is 10.2. The van der Waals surface area contributed by atoms with Crippen molar-refractivity contribution < 1.29 is 19.0 Å². The largest absolute Gasteiger partial charge is 0.482 e. The molecule has 3 aromatic carbocycles. The maximum Gasteiger partial charge on any atom is 0.349 e. The van der Waals surface area contributed by atoms with E-state index in [-0.39, 0.29) is 23.8 Å². The van der Waals surface area contributed by atoms with E-state index in [0.717, 1.165) is 16.7 Å². The van der Waals surface area contributed by atoms with Gasteiger partial charge in [-0.3, -0.25) is 0 Å². The van der Waals surface area contributed by atoms with Crippen LogP contribution >= 0.6 is 11.6 Å². The van der Waals surface area contributed by atoms with Gasteiger partial charge in [-0.25, -0.2) is 4.79 Å². The zero-order chi connectivity index (χ0) is 23.5. The van der Waals surface area contributed by atoms with Crippen LogP contribution in [0.3, 0.4) is 0 Å². The molecule has 1 aliphatic rings. The molecule has 0 saturated carbocycles. The van der Waals surface area contributed by atoms with Gasteiger partial charge in [0.1, 0.15) is 28.9 Å². The van der Waals surface area contributed by atoms with E-state index in [0.29, 0.717) is 22.1 Å². The summed E-state index contributed by atoms with van der Waals surface area (Å²) >= 11 is 6.16. The van der Waals surface area contributed by atoms with Gasteiger partial charge in [0.2, 0.25) is 5.88 Å². The number of esters is 1. The van der Waals surface area contributed by atoms with Crippen LogP contribution in [0.25, 0.3) is 0 Å². The van der Waals surface area contributed by atoms with Crippen LogP contribution in [0, 0.1) is 25.2 Å². The maximum absolute atomic E-state index is 12.3. The first-order chi connectivity index (χ1) is 15.9. The van der Waals surface area contributed by atoms with Gasteiger partial charge in [-0.2, -0.15) is 5.26 Å². The molecule has 1 atom stereocenters. The number of allylic oxidation sites excluding steroid dienone is 1. The minimum absolute atomic E-state index is 0.00322. The molecule has 1 unspecified atom stereocenters. The molecule has 1 heterocycles. The summed E-state index contributed by atoms with van der Waals surface area (Å²) in [5.41, 5.74) is 10.1. The molecule has 0 bridgehead atoms. The van der Waals surface area contributed by atoms with Crippen molar-refractivity contribution in [1.29, 1.82) is 5.26 Å². The average Bonchev–Trinajstić information content (AvgIpc) is 2.79. The van der Waals surface area contributed by atoms with E-state index in [1.54, 1.807) is 36.4 Å². The Kier molecular flexibility index (Phi) is 6.25. The number of aryl methyl sites for hydroxylation is 2. The second-order valence-electron chi connectivity index (χ2n) is 7.69. The number of ether oxygens (including phenoxy) is 3. The van der Waals surface area contributed by atoms with Crippen LogP contribution in [0.1, 0.15) is 28.2 Å². The summed E-state index contributed by atoms with van der Waals surface area (Å²) in [6.07, 6.45) is 0. The summed E-state index contributed by atoms with van der Waals surface area (Å²) in [5.74, 6) is 0.260. The Morgan fingerprint density at radius 1 is 1.09 bits per heavy atom. The molecule has 33 heavy (non-hydrogen) atoms. The minimum Gasteiger partial charge on any atom is -0.482 e. The predicted molar refractivity (Wildman–Crippen MR) is 124 cm³/mol. The molecule has 0 aromatic heterocycles. The molecule has 0 aliphatic carbocycles. The molecule has 6 nitrogen and oxygen atoms in total. The second kappa shape index (κ2) is 9.27. The van der Waals surface area contributed by atoms with Gasteiger partial charge in [-0.1, -0.05) is 35.9 Å². The van der Waals surface area contributed by atoms with Crippen molar-refractivity contribution in [2.24, 2.45) is 5.73 Å². The first kappa shape index (κ1) is 22.3. The molecule has 0 saturated heterocycles. The zero-order valence-electron chi connectivity index (χ0n) is 18.1. The van der Waals surface area contributed by atoms with Gasteiger partial charge in [0, 0.05) is 16.7 Å². The van der Waals surface area contributed by atoms with Gasteiger partial charge in [-0.05, 0) is 60.9 Å². The molecule has 0 radical (unpaired) electrons. The Bertz CT molecular complexity index is 1310. The molecular formula is C26H21ClN2O4. The highest BCUT2D eigenvalue weighted by Crippen LogP contribution is 2.43. The lowest BCUT2D eigenvalue weighted by atomic mass is 9.83. The highest BCUT2D eigenvalue weighted by molar-refractivity contribution is 6.30. The third-order valence-corrected chi connectivity index (χ3v) is 5.67. The van der Waals surface area contributed by atoms with E-state index < -0.39 is 11.9 Å². The summed E-state index contributed by atoms with van der Waals surface area (Å²) in [6.45, 7) is 3.73. The van der Waals surface area contributed by atoms with Gasteiger partial charge >= 0.3 is 5.97 Å². The van der Waals surface area contributed by atoms with E-state index in [1.165, 1.54) is 0 Å². The molecule has 0 amide bonds. The number of fused-ring (bicyclic) bond motifs is 1. The Hall–Kier alpha value is -3.95. The molecule has 0 fully saturated rings. The van der Waals surface area contributed by atoms with Crippen molar-refractivity contribution >= 4 is 17.6 Å². The third kappa shape index (κ3) is 4.79. The molecular weight excluding hydrogens is 440 g/mol. The van der Waals surface area contributed by atoms with Crippen molar-refractivity contribution in [2.45, 2.75) is 19.8 Å².